The van der Waals surface area contributed by atoms with E-state index in [9.17, 15) is 5.26 Å². The van der Waals surface area contributed by atoms with E-state index < -0.39 is 0 Å². The standard InChI is InChI=1S/C16H23N3S/c1-3-20-16-8-4-7-15(14(16)10-17)19-9-5-6-13(12-19)11-18-2/h4,7-8,13,18H,3,5-6,9,11-12H2,1-2H3. The molecule has 0 radical (unpaired) electrons. The molecule has 1 heterocycles. The summed E-state index contributed by atoms with van der Waals surface area (Å²) in [7, 11) is 2.01. The second kappa shape index (κ2) is 7.56. The predicted octanol–water partition coefficient (Wildman–Crippen LogP) is 3.11. The Hall–Kier alpha value is -1.18. The van der Waals surface area contributed by atoms with Gasteiger partial charge in [-0.2, -0.15) is 5.26 Å². The third kappa shape index (κ3) is 3.47. The zero-order valence-corrected chi connectivity index (χ0v) is 13.2. The van der Waals surface area contributed by atoms with Crippen LogP contribution in [-0.4, -0.2) is 32.4 Å². The van der Waals surface area contributed by atoms with Crippen molar-refractivity contribution in [3.8, 4) is 6.07 Å². The highest BCUT2D eigenvalue weighted by Gasteiger charge is 2.22. The topological polar surface area (TPSA) is 39.1 Å². The number of piperidine rings is 1. The van der Waals surface area contributed by atoms with Gasteiger partial charge in [-0.25, -0.2) is 0 Å². The van der Waals surface area contributed by atoms with Gasteiger partial charge >= 0.3 is 0 Å². The van der Waals surface area contributed by atoms with Crippen LogP contribution in [0.1, 0.15) is 25.3 Å². The molecule has 1 N–H and O–H groups in total. The van der Waals surface area contributed by atoms with E-state index in [1.165, 1.54) is 12.8 Å². The Balaban J connectivity index is 2.23. The largest absolute Gasteiger partial charge is 0.370 e. The van der Waals surface area contributed by atoms with E-state index >= 15 is 0 Å². The van der Waals surface area contributed by atoms with Crippen LogP contribution in [0, 0.1) is 17.2 Å². The number of hydrogen-bond donors (Lipinski definition) is 1. The fourth-order valence-electron chi connectivity index (χ4n) is 2.91. The molecule has 0 saturated carbocycles. The molecule has 20 heavy (non-hydrogen) atoms. The fourth-order valence-corrected chi connectivity index (χ4v) is 3.69. The fraction of sp³-hybridized carbons (Fsp3) is 0.562. The lowest BCUT2D eigenvalue weighted by Crippen LogP contribution is -2.39. The predicted molar refractivity (Wildman–Crippen MR) is 86.4 cm³/mol. The Kier molecular flexibility index (Phi) is 5.75. The molecule has 1 aliphatic rings. The SMILES string of the molecule is CCSc1cccc(N2CCCC(CNC)C2)c1C#N. The summed E-state index contributed by atoms with van der Waals surface area (Å²) < 4.78 is 0. The van der Waals surface area contributed by atoms with Crippen LogP contribution in [0.15, 0.2) is 23.1 Å². The molecule has 1 saturated heterocycles. The summed E-state index contributed by atoms with van der Waals surface area (Å²) in [6.07, 6.45) is 2.49. The maximum Gasteiger partial charge on any atom is 0.103 e. The van der Waals surface area contributed by atoms with Gasteiger partial charge < -0.3 is 10.2 Å². The molecular weight excluding hydrogens is 266 g/mol. The zero-order valence-electron chi connectivity index (χ0n) is 12.4. The molecule has 2 rings (SSSR count). The van der Waals surface area contributed by atoms with E-state index in [-0.39, 0.29) is 0 Å². The zero-order chi connectivity index (χ0) is 14.4. The van der Waals surface area contributed by atoms with Gasteiger partial charge in [-0.1, -0.05) is 13.0 Å². The number of nitriles is 1. The molecule has 0 spiro atoms. The van der Waals surface area contributed by atoms with Gasteiger partial charge in [-0.3, -0.25) is 0 Å². The highest BCUT2D eigenvalue weighted by Crippen LogP contribution is 2.32. The molecule has 1 aromatic carbocycles. The second-order valence-electron chi connectivity index (χ2n) is 5.21. The number of thioether (sulfide) groups is 1. The summed E-state index contributed by atoms with van der Waals surface area (Å²) in [5, 5.41) is 12.8. The summed E-state index contributed by atoms with van der Waals surface area (Å²) >= 11 is 1.75. The molecule has 0 bridgehead atoms. The number of hydrogen-bond acceptors (Lipinski definition) is 4. The van der Waals surface area contributed by atoms with Gasteiger partial charge in [-0.15, -0.1) is 11.8 Å². The first-order chi connectivity index (χ1) is 9.80. The molecule has 108 valence electrons. The molecule has 0 aliphatic carbocycles. The van der Waals surface area contributed by atoms with E-state index in [4.69, 9.17) is 0 Å². The van der Waals surface area contributed by atoms with Gasteiger partial charge in [-0.05, 0) is 50.2 Å². The lowest BCUT2D eigenvalue weighted by Gasteiger charge is -2.35. The van der Waals surface area contributed by atoms with Crippen molar-refractivity contribution in [2.24, 2.45) is 5.92 Å². The Morgan fingerprint density at radius 1 is 1.50 bits per heavy atom. The smallest absolute Gasteiger partial charge is 0.103 e. The van der Waals surface area contributed by atoms with Crippen LogP contribution in [0.25, 0.3) is 0 Å². The number of anilines is 1. The van der Waals surface area contributed by atoms with Crippen molar-refractivity contribution in [2.45, 2.75) is 24.7 Å². The first-order valence-corrected chi connectivity index (χ1v) is 8.34. The molecule has 3 nitrogen and oxygen atoms in total. The number of rotatable bonds is 5. The van der Waals surface area contributed by atoms with Crippen LogP contribution in [0.2, 0.25) is 0 Å². The van der Waals surface area contributed by atoms with Crippen molar-refractivity contribution < 1.29 is 0 Å². The van der Waals surface area contributed by atoms with Crippen LogP contribution in [0.5, 0.6) is 0 Å². The second-order valence-corrected chi connectivity index (χ2v) is 6.51. The molecule has 0 amide bonds. The van der Waals surface area contributed by atoms with E-state index in [0.29, 0.717) is 5.92 Å². The van der Waals surface area contributed by atoms with Crippen LogP contribution >= 0.6 is 11.8 Å². The minimum Gasteiger partial charge on any atom is -0.370 e. The monoisotopic (exact) mass is 289 g/mol. The molecule has 1 aromatic rings. The van der Waals surface area contributed by atoms with E-state index in [0.717, 1.165) is 41.5 Å². The van der Waals surface area contributed by atoms with Crippen LogP contribution < -0.4 is 10.2 Å². The third-order valence-corrected chi connectivity index (χ3v) is 4.71. The Morgan fingerprint density at radius 3 is 3.05 bits per heavy atom. The highest BCUT2D eigenvalue weighted by atomic mass is 32.2. The van der Waals surface area contributed by atoms with E-state index in [1.54, 1.807) is 11.8 Å². The van der Waals surface area contributed by atoms with Crippen molar-refractivity contribution in [1.29, 1.82) is 5.26 Å². The normalized spacial score (nSPS) is 18.9. The Labute approximate surface area is 126 Å². The van der Waals surface area contributed by atoms with Crippen LogP contribution in [-0.2, 0) is 0 Å². The molecule has 1 fully saturated rings. The highest BCUT2D eigenvalue weighted by molar-refractivity contribution is 7.99. The first kappa shape index (κ1) is 15.2. The molecule has 1 atom stereocenters. The number of nitrogens with zero attached hydrogens (tertiary/aromatic N) is 2. The maximum atomic E-state index is 9.52. The molecular formula is C16H23N3S. The van der Waals surface area contributed by atoms with Crippen molar-refractivity contribution >= 4 is 17.4 Å². The lowest BCUT2D eigenvalue weighted by molar-refractivity contribution is 0.402. The minimum absolute atomic E-state index is 0.683. The summed E-state index contributed by atoms with van der Waals surface area (Å²) in [6.45, 7) is 5.30. The maximum absolute atomic E-state index is 9.52. The molecule has 4 heteroatoms. The average molecular weight is 289 g/mol. The molecule has 1 aliphatic heterocycles. The lowest BCUT2D eigenvalue weighted by atomic mass is 9.97. The van der Waals surface area contributed by atoms with E-state index in [1.807, 2.05) is 7.05 Å². The third-order valence-electron chi connectivity index (χ3n) is 3.77. The first-order valence-electron chi connectivity index (χ1n) is 7.35. The summed E-state index contributed by atoms with van der Waals surface area (Å²) in [5.41, 5.74) is 1.97. The van der Waals surface area contributed by atoms with Gasteiger partial charge in [0.05, 0.1) is 11.3 Å². The minimum atomic E-state index is 0.683. The molecule has 1 unspecified atom stereocenters. The Morgan fingerprint density at radius 2 is 2.35 bits per heavy atom. The van der Waals surface area contributed by atoms with Gasteiger partial charge in [0.2, 0.25) is 0 Å². The van der Waals surface area contributed by atoms with Gasteiger partial charge in [0.15, 0.2) is 0 Å². The van der Waals surface area contributed by atoms with Crippen molar-refractivity contribution in [1.82, 2.24) is 5.32 Å². The summed E-state index contributed by atoms with van der Waals surface area (Å²) in [5.74, 6) is 1.68. The molecule has 0 aromatic heterocycles. The van der Waals surface area contributed by atoms with Crippen molar-refractivity contribution in [2.75, 3.05) is 37.3 Å². The number of nitrogens with one attached hydrogen (secondary N) is 1. The van der Waals surface area contributed by atoms with Gasteiger partial charge in [0, 0.05) is 18.0 Å². The quantitative estimate of drug-likeness (QED) is 0.845. The average Bonchev–Trinajstić information content (AvgIpc) is 2.48. The van der Waals surface area contributed by atoms with E-state index in [2.05, 4.69) is 41.4 Å². The van der Waals surface area contributed by atoms with Gasteiger partial charge in [0.1, 0.15) is 6.07 Å². The number of benzene rings is 1. The Bertz CT molecular complexity index is 479. The van der Waals surface area contributed by atoms with Crippen molar-refractivity contribution in [3.63, 3.8) is 0 Å². The van der Waals surface area contributed by atoms with Crippen molar-refractivity contribution in [3.05, 3.63) is 23.8 Å². The van der Waals surface area contributed by atoms with Gasteiger partial charge in [0.25, 0.3) is 0 Å². The summed E-state index contributed by atoms with van der Waals surface area (Å²) in [4.78, 5) is 3.51. The van der Waals surface area contributed by atoms with Crippen LogP contribution in [0.3, 0.4) is 0 Å². The summed E-state index contributed by atoms with van der Waals surface area (Å²) in [6, 6.07) is 8.65. The van der Waals surface area contributed by atoms with Crippen LogP contribution in [0.4, 0.5) is 5.69 Å².